The molecule has 218 valence electrons. The van der Waals surface area contributed by atoms with E-state index in [1.807, 2.05) is 19.1 Å². The number of hydrogen-bond donors (Lipinski definition) is 1. The maximum atomic E-state index is 13.2. The van der Waals surface area contributed by atoms with Gasteiger partial charge in [-0.3, -0.25) is 4.79 Å². The molecule has 4 aliphatic rings. The molecule has 2 aromatic carbocycles. The van der Waals surface area contributed by atoms with E-state index >= 15 is 0 Å². The first-order chi connectivity index (χ1) is 19.9. The highest BCUT2D eigenvalue weighted by atomic mass is 35.5. The van der Waals surface area contributed by atoms with Crippen LogP contribution in [0.3, 0.4) is 0 Å². The Labute approximate surface area is 256 Å². The van der Waals surface area contributed by atoms with Gasteiger partial charge in [-0.1, -0.05) is 46.9 Å². The van der Waals surface area contributed by atoms with Crippen molar-refractivity contribution in [3.05, 3.63) is 68.8 Å². The van der Waals surface area contributed by atoms with Gasteiger partial charge < -0.3 is 14.8 Å². The van der Waals surface area contributed by atoms with Crippen LogP contribution in [0.1, 0.15) is 48.2 Å². The maximum Gasteiger partial charge on any atom is 0.272 e. The minimum atomic E-state index is -0.275. The van der Waals surface area contributed by atoms with Crippen molar-refractivity contribution < 1.29 is 14.3 Å². The molecule has 41 heavy (non-hydrogen) atoms. The number of hydrogen-bond acceptors (Lipinski definition) is 4. The number of amides is 1. The van der Waals surface area contributed by atoms with E-state index in [4.69, 9.17) is 44.3 Å². The quantitative estimate of drug-likeness (QED) is 0.225. The first-order valence-corrected chi connectivity index (χ1v) is 15.8. The topological polar surface area (TPSA) is 65.4 Å². The van der Waals surface area contributed by atoms with Crippen LogP contribution in [0.25, 0.3) is 16.9 Å². The first kappa shape index (κ1) is 29.0. The van der Waals surface area contributed by atoms with Gasteiger partial charge in [-0.25, -0.2) is 4.68 Å². The van der Waals surface area contributed by atoms with Gasteiger partial charge >= 0.3 is 0 Å². The number of nitrogens with zero attached hydrogens (tertiary/aromatic N) is 2. The number of aromatic nitrogens is 2. The van der Waals surface area contributed by atoms with E-state index < -0.39 is 0 Å². The Bertz CT molecular complexity index is 1360. The molecule has 4 saturated carbocycles. The van der Waals surface area contributed by atoms with Crippen molar-refractivity contribution in [1.82, 2.24) is 15.1 Å². The van der Waals surface area contributed by atoms with E-state index in [0.717, 1.165) is 53.0 Å². The highest BCUT2D eigenvalue weighted by Crippen LogP contribution is 2.56. The van der Waals surface area contributed by atoms with Gasteiger partial charge in [0.2, 0.25) is 0 Å². The Morgan fingerprint density at radius 2 is 1.56 bits per heavy atom. The van der Waals surface area contributed by atoms with Crippen molar-refractivity contribution >= 4 is 40.7 Å². The Morgan fingerprint density at radius 1 is 0.902 bits per heavy atom. The molecule has 6 nitrogen and oxygen atoms in total. The molecule has 4 aliphatic carbocycles. The number of carbonyl (C=O) groups excluding carboxylic acids is 1. The molecule has 3 aromatic rings. The minimum absolute atomic E-state index is 0.275. The summed E-state index contributed by atoms with van der Waals surface area (Å²) in [6, 6.07) is 12.6. The monoisotopic (exact) mass is 615 g/mol. The zero-order chi connectivity index (χ0) is 28.5. The van der Waals surface area contributed by atoms with Gasteiger partial charge in [0, 0.05) is 27.7 Å². The summed E-state index contributed by atoms with van der Waals surface area (Å²) in [5.74, 6) is 4.21. The Morgan fingerprint density at radius 3 is 2.24 bits per heavy atom. The van der Waals surface area contributed by atoms with E-state index in [-0.39, 0.29) is 5.91 Å². The predicted octanol–water partition coefficient (Wildman–Crippen LogP) is 7.64. The maximum absolute atomic E-state index is 13.2. The summed E-state index contributed by atoms with van der Waals surface area (Å²) >= 11 is 18.8. The average Bonchev–Trinajstić information content (AvgIpc) is 3.28. The van der Waals surface area contributed by atoms with Crippen LogP contribution in [0.4, 0.5) is 0 Å². The van der Waals surface area contributed by atoms with Crippen LogP contribution in [-0.2, 0) is 9.47 Å². The summed E-state index contributed by atoms with van der Waals surface area (Å²) in [4.78, 5) is 13.2. The molecule has 1 N–H and O–H groups in total. The molecule has 0 aliphatic heterocycles. The number of ether oxygens (including phenoxy) is 2. The van der Waals surface area contributed by atoms with Crippen LogP contribution < -0.4 is 5.32 Å². The van der Waals surface area contributed by atoms with Gasteiger partial charge in [0.15, 0.2) is 5.69 Å². The number of nitrogens with one attached hydrogen (secondary N) is 1. The third-order valence-electron chi connectivity index (χ3n) is 9.23. The van der Waals surface area contributed by atoms with Gasteiger partial charge in [-0.05, 0) is 98.9 Å². The molecule has 0 radical (unpaired) electrons. The average molecular weight is 617 g/mol. The van der Waals surface area contributed by atoms with E-state index in [1.54, 1.807) is 35.0 Å². The molecule has 0 spiro atoms. The van der Waals surface area contributed by atoms with Crippen LogP contribution in [0.2, 0.25) is 15.1 Å². The van der Waals surface area contributed by atoms with Crippen molar-refractivity contribution in [1.29, 1.82) is 0 Å². The smallest absolute Gasteiger partial charge is 0.272 e. The van der Waals surface area contributed by atoms with Gasteiger partial charge in [-0.2, -0.15) is 5.10 Å². The molecular formula is C32H36Cl3N3O3. The summed E-state index contributed by atoms with van der Waals surface area (Å²) in [5, 5.41) is 9.18. The Hall–Kier alpha value is -2.09. The van der Waals surface area contributed by atoms with Gasteiger partial charge in [-0.15, -0.1) is 0 Å². The second-order valence-electron chi connectivity index (χ2n) is 11.9. The number of carbonyl (C=O) groups is 1. The Balaban J connectivity index is 1.02. The summed E-state index contributed by atoms with van der Waals surface area (Å²) in [5.41, 5.74) is 3.29. The molecule has 4 fully saturated rings. The fourth-order valence-corrected chi connectivity index (χ4v) is 8.17. The van der Waals surface area contributed by atoms with Crippen LogP contribution in [0.15, 0.2) is 42.5 Å². The van der Waals surface area contributed by atoms with E-state index in [1.165, 1.54) is 32.1 Å². The lowest BCUT2D eigenvalue weighted by Gasteiger charge is -2.54. The third-order valence-corrected chi connectivity index (χ3v) is 10.0. The minimum Gasteiger partial charge on any atom is -0.379 e. The molecule has 0 unspecified atom stereocenters. The van der Waals surface area contributed by atoms with E-state index in [2.05, 4.69) is 10.4 Å². The molecule has 0 atom stereocenters. The lowest BCUT2D eigenvalue weighted by molar-refractivity contribution is -0.0768. The normalized spacial score (nSPS) is 24.6. The van der Waals surface area contributed by atoms with Crippen LogP contribution in [-0.4, -0.2) is 48.7 Å². The largest absolute Gasteiger partial charge is 0.379 e. The number of rotatable bonds is 11. The third kappa shape index (κ3) is 6.33. The molecule has 1 heterocycles. The van der Waals surface area contributed by atoms with Crippen molar-refractivity contribution in [2.75, 3.05) is 33.0 Å². The summed E-state index contributed by atoms with van der Waals surface area (Å²) < 4.78 is 13.5. The number of halogens is 3. The molecule has 7 rings (SSSR count). The second kappa shape index (κ2) is 12.6. The van der Waals surface area contributed by atoms with Crippen LogP contribution >= 0.6 is 34.8 Å². The van der Waals surface area contributed by atoms with Gasteiger partial charge in [0.25, 0.3) is 5.91 Å². The van der Waals surface area contributed by atoms with Crippen molar-refractivity contribution in [2.45, 2.75) is 39.0 Å². The predicted molar refractivity (Wildman–Crippen MR) is 163 cm³/mol. The zero-order valence-electron chi connectivity index (χ0n) is 23.3. The van der Waals surface area contributed by atoms with Gasteiger partial charge in [0.1, 0.15) is 0 Å². The highest BCUT2D eigenvalue weighted by molar-refractivity contribution is 6.35. The van der Waals surface area contributed by atoms with Crippen LogP contribution in [0.5, 0.6) is 0 Å². The van der Waals surface area contributed by atoms with Crippen LogP contribution in [0, 0.1) is 36.5 Å². The molecule has 9 heteroatoms. The fourth-order valence-electron chi connectivity index (χ4n) is 7.56. The molecule has 0 saturated heterocycles. The van der Waals surface area contributed by atoms with E-state index in [0.29, 0.717) is 52.8 Å². The van der Waals surface area contributed by atoms with E-state index in [9.17, 15) is 4.79 Å². The zero-order valence-corrected chi connectivity index (χ0v) is 25.5. The standard InChI is InChI=1S/C32H36Cl3N3O3/c1-19-30(37-38(29-7-6-26(34)17-28(29)35)31(19)22-2-4-25(33)5-3-22)32(39)36-8-9-40-10-11-41-18-27-23-13-20-12-21(15-23)16-24(27)14-20/h2-7,17,20-21,23-24,27H,8-16,18H2,1H3,(H,36,39). The molecule has 1 amide bonds. The first-order valence-electron chi connectivity index (χ1n) is 14.6. The molecular weight excluding hydrogens is 581 g/mol. The molecule has 1 aromatic heterocycles. The number of benzene rings is 2. The second-order valence-corrected chi connectivity index (χ2v) is 13.2. The fraction of sp³-hybridized carbons (Fsp3) is 0.500. The SMILES string of the molecule is Cc1c(C(=O)NCCOCCOCC2C3CC4CC(C3)CC2C4)nn(-c2ccc(Cl)cc2Cl)c1-c1ccc(Cl)cc1. The van der Waals surface area contributed by atoms with Crippen molar-refractivity contribution in [3.8, 4) is 16.9 Å². The summed E-state index contributed by atoms with van der Waals surface area (Å²) in [7, 11) is 0. The Kier molecular flexibility index (Phi) is 8.94. The van der Waals surface area contributed by atoms with Gasteiger partial charge in [0.05, 0.1) is 42.8 Å². The summed E-state index contributed by atoms with van der Waals surface area (Å²) in [6.07, 6.45) is 7.16. The summed E-state index contributed by atoms with van der Waals surface area (Å²) in [6.45, 7) is 4.63. The lowest BCUT2D eigenvalue weighted by Crippen LogP contribution is -2.46. The lowest BCUT2D eigenvalue weighted by atomic mass is 9.52. The highest BCUT2D eigenvalue weighted by Gasteiger charge is 2.48. The van der Waals surface area contributed by atoms with Crippen molar-refractivity contribution in [2.24, 2.45) is 29.6 Å². The molecule has 4 bridgehead atoms. The van der Waals surface area contributed by atoms with Crippen molar-refractivity contribution in [3.63, 3.8) is 0 Å².